The van der Waals surface area contributed by atoms with Gasteiger partial charge in [-0.15, -0.1) is 0 Å². The molecule has 4 aromatic rings. The number of imidazole rings is 1. The van der Waals surface area contributed by atoms with Gasteiger partial charge in [0.05, 0.1) is 41.8 Å². The number of benzene rings is 1. The number of aromatic nitrogens is 5. The number of hydrogen-bond donors (Lipinski definition) is 4. The number of nitrogens with one attached hydrogen (secondary N) is 3. The summed E-state index contributed by atoms with van der Waals surface area (Å²) in [5.41, 5.74) is -2.34. The number of carboxylic acid groups (broad SMARTS) is 1. The molecular formula is C25H22F5N7O4. The van der Waals surface area contributed by atoms with Gasteiger partial charge in [0, 0.05) is 29.6 Å². The van der Waals surface area contributed by atoms with Crippen molar-refractivity contribution in [2.24, 2.45) is 11.8 Å². The number of anilines is 1. The summed E-state index contributed by atoms with van der Waals surface area (Å²) in [6.45, 7) is 0.970. The normalized spacial score (nSPS) is 18.9. The Hall–Kier alpha value is -4.63. The maximum atomic E-state index is 15.9. The van der Waals surface area contributed by atoms with Crippen LogP contribution in [0.5, 0.6) is 0 Å². The molecule has 2 fully saturated rings. The molecule has 0 radical (unpaired) electrons. The number of H-pyrrole nitrogens is 1. The van der Waals surface area contributed by atoms with Crippen LogP contribution in [0.2, 0.25) is 0 Å². The van der Waals surface area contributed by atoms with Crippen molar-refractivity contribution in [3.63, 3.8) is 0 Å². The van der Waals surface area contributed by atoms with Crippen LogP contribution in [0.4, 0.5) is 27.8 Å². The number of fused-ring (bicyclic) bond motifs is 2. The highest BCUT2D eigenvalue weighted by molar-refractivity contribution is 5.98. The number of nitrogens with zero attached hydrogens (tertiary/aromatic N) is 4. The van der Waals surface area contributed by atoms with Gasteiger partial charge in [-0.3, -0.25) is 24.5 Å². The summed E-state index contributed by atoms with van der Waals surface area (Å²) in [6.07, 6.45) is -0.00747. The lowest BCUT2D eigenvalue weighted by molar-refractivity contribution is -0.139. The Morgan fingerprint density at radius 2 is 1.93 bits per heavy atom. The zero-order chi connectivity index (χ0) is 29.6. The van der Waals surface area contributed by atoms with Crippen LogP contribution >= 0.6 is 0 Å². The lowest BCUT2D eigenvalue weighted by atomic mass is 9.90. The van der Waals surface area contributed by atoms with Gasteiger partial charge in [0.1, 0.15) is 17.6 Å². The lowest BCUT2D eigenvalue weighted by Gasteiger charge is -2.23. The second-order valence-corrected chi connectivity index (χ2v) is 9.77. The molecule has 3 atom stereocenters. The Morgan fingerprint density at radius 1 is 1.24 bits per heavy atom. The molecule has 41 heavy (non-hydrogen) atoms. The SMILES string of the molecule is CC(=O)NC(c1c(F)c(C(F)(F)F)c(-c2cn3cc(NC(=O)[C@@H]4C[C@@H]4F)nc3cn2)c2cn[nH]c12)C1CC1.O=CO. The number of halogens is 5. The summed E-state index contributed by atoms with van der Waals surface area (Å²) in [5, 5.41) is 18.4. The van der Waals surface area contributed by atoms with Crippen molar-refractivity contribution in [3.05, 3.63) is 41.7 Å². The second-order valence-electron chi connectivity index (χ2n) is 9.77. The van der Waals surface area contributed by atoms with E-state index in [1.54, 1.807) is 0 Å². The summed E-state index contributed by atoms with van der Waals surface area (Å²) in [5.74, 6) is -3.44. The largest absolute Gasteiger partial charge is 0.483 e. The molecule has 16 heteroatoms. The van der Waals surface area contributed by atoms with Crippen LogP contribution in [0.3, 0.4) is 0 Å². The predicted octanol–water partition coefficient (Wildman–Crippen LogP) is 4.02. The molecule has 0 spiro atoms. The molecule has 2 aliphatic rings. The molecule has 2 amide bonds. The monoisotopic (exact) mass is 579 g/mol. The van der Waals surface area contributed by atoms with Crippen molar-refractivity contribution in [1.29, 1.82) is 0 Å². The Bertz CT molecular complexity index is 1660. The van der Waals surface area contributed by atoms with Crippen molar-refractivity contribution >= 4 is 40.7 Å². The van der Waals surface area contributed by atoms with Gasteiger partial charge >= 0.3 is 6.18 Å². The van der Waals surface area contributed by atoms with E-state index in [1.165, 1.54) is 29.9 Å². The molecule has 1 aromatic carbocycles. The van der Waals surface area contributed by atoms with E-state index in [0.717, 1.165) is 6.20 Å². The van der Waals surface area contributed by atoms with Gasteiger partial charge in [0.25, 0.3) is 6.47 Å². The fraction of sp³-hybridized carbons (Fsp3) is 0.360. The van der Waals surface area contributed by atoms with Gasteiger partial charge in [-0.1, -0.05) is 0 Å². The average Bonchev–Trinajstić information content (AvgIpc) is 3.77. The van der Waals surface area contributed by atoms with E-state index in [1.807, 2.05) is 0 Å². The number of rotatable bonds is 6. The number of alkyl halides is 4. The first kappa shape index (κ1) is 27.9. The number of aromatic amines is 1. The van der Waals surface area contributed by atoms with Crippen LogP contribution in [-0.2, 0) is 20.6 Å². The third-order valence-corrected chi connectivity index (χ3v) is 6.83. The number of hydrogen-bond acceptors (Lipinski definition) is 6. The van der Waals surface area contributed by atoms with E-state index in [-0.39, 0.29) is 52.4 Å². The minimum atomic E-state index is -5.11. The minimum absolute atomic E-state index is 0.0204. The van der Waals surface area contributed by atoms with Crippen molar-refractivity contribution in [1.82, 2.24) is 29.9 Å². The molecule has 0 bridgehead atoms. The first-order chi connectivity index (χ1) is 19.4. The molecule has 0 saturated heterocycles. The Kier molecular flexibility index (Phi) is 7.08. The highest BCUT2D eigenvalue weighted by Crippen LogP contribution is 2.49. The number of amides is 2. The zero-order valence-electron chi connectivity index (χ0n) is 21.2. The van der Waals surface area contributed by atoms with Crippen LogP contribution in [0.1, 0.15) is 43.4 Å². The van der Waals surface area contributed by atoms with Gasteiger partial charge in [0.2, 0.25) is 11.8 Å². The van der Waals surface area contributed by atoms with Crippen LogP contribution in [0.15, 0.2) is 24.8 Å². The fourth-order valence-electron chi connectivity index (χ4n) is 4.81. The zero-order valence-corrected chi connectivity index (χ0v) is 21.2. The van der Waals surface area contributed by atoms with Crippen molar-refractivity contribution in [2.45, 2.75) is 44.6 Å². The highest BCUT2D eigenvalue weighted by Gasteiger charge is 2.45. The maximum absolute atomic E-state index is 15.9. The van der Waals surface area contributed by atoms with E-state index in [9.17, 15) is 27.2 Å². The molecule has 6 rings (SSSR count). The first-order valence-corrected chi connectivity index (χ1v) is 12.3. The third-order valence-electron chi connectivity index (χ3n) is 6.83. The van der Waals surface area contributed by atoms with Crippen LogP contribution in [0, 0.1) is 17.7 Å². The molecule has 3 heterocycles. The Balaban J connectivity index is 0.00000108. The van der Waals surface area contributed by atoms with E-state index >= 15 is 4.39 Å². The molecule has 11 nitrogen and oxygen atoms in total. The van der Waals surface area contributed by atoms with Gasteiger partial charge < -0.3 is 20.1 Å². The summed E-state index contributed by atoms with van der Waals surface area (Å²) in [4.78, 5) is 40.5. The Morgan fingerprint density at radius 3 is 2.51 bits per heavy atom. The summed E-state index contributed by atoms with van der Waals surface area (Å²) >= 11 is 0. The van der Waals surface area contributed by atoms with Gasteiger partial charge in [-0.05, 0) is 25.2 Å². The average molecular weight is 579 g/mol. The summed E-state index contributed by atoms with van der Waals surface area (Å²) in [6, 6.07) is -0.962. The molecule has 0 aliphatic heterocycles. The molecule has 3 aromatic heterocycles. The lowest BCUT2D eigenvalue weighted by Crippen LogP contribution is -2.29. The first-order valence-electron chi connectivity index (χ1n) is 12.3. The second kappa shape index (κ2) is 10.4. The smallest absolute Gasteiger partial charge is 0.419 e. The maximum Gasteiger partial charge on any atom is 0.419 e. The molecular weight excluding hydrogens is 557 g/mol. The Labute approximate surface area is 227 Å². The number of carbonyl (C=O) groups is 3. The van der Waals surface area contributed by atoms with Gasteiger partial charge in [0.15, 0.2) is 11.5 Å². The predicted molar refractivity (Wildman–Crippen MR) is 133 cm³/mol. The van der Waals surface area contributed by atoms with Crippen molar-refractivity contribution in [2.75, 3.05) is 5.32 Å². The van der Waals surface area contributed by atoms with E-state index in [4.69, 9.17) is 9.90 Å². The van der Waals surface area contributed by atoms with E-state index < -0.39 is 53.1 Å². The highest BCUT2D eigenvalue weighted by atomic mass is 19.4. The van der Waals surface area contributed by atoms with Gasteiger partial charge in [-0.25, -0.2) is 13.8 Å². The summed E-state index contributed by atoms with van der Waals surface area (Å²) < 4.78 is 73.8. The molecule has 4 N–H and O–H groups in total. The topological polar surface area (TPSA) is 154 Å². The fourth-order valence-corrected chi connectivity index (χ4v) is 4.81. The molecule has 216 valence electrons. The quantitative estimate of drug-likeness (QED) is 0.199. The molecule has 2 aliphatic carbocycles. The van der Waals surface area contributed by atoms with E-state index in [2.05, 4.69) is 30.8 Å². The van der Waals surface area contributed by atoms with Gasteiger partial charge in [-0.2, -0.15) is 18.3 Å². The van der Waals surface area contributed by atoms with E-state index in [0.29, 0.717) is 12.8 Å². The third kappa shape index (κ3) is 5.40. The minimum Gasteiger partial charge on any atom is -0.483 e. The summed E-state index contributed by atoms with van der Waals surface area (Å²) in [7, 11) is 0. The van der Waals surface area contributed by atoms with Crippen molar-refractivity contribution in [3.8, 4) is 11.3 Å². The van der Waals surface area contributed by atoms with Crippen LogP contribution < -0.4 is 10.6 Å². The van der Waals surface area contributed by atoms with Crippen LogP contribution in [-0.4, -0.2) is 54.1 Å². The van der Waals surface area contributed by atoms with Crippen LogP contribution in [0.25, 0.3) is 27.8 Å². The number of carbonyl (C=O) groups excluding carboxylic acids is 2. The molecule has 2 saturated carbocycles. The standard InChI is InChI=1S/C24H20F5N7O2.CH2O2/c1-9(37)32-21(10-2-3-10)18-20(26)19(24(27,28)29)17(12-5-31-35-22(12)18)14-7-36-8-15(33-16(36)6-30-14)34-23(38)11-4-13(11)25;2-1-3/h5-8,10-11,13,21H,2-4H2,1H3,(H,31,35)(H,32,37)(H,34,38);1H,(H,2,3)/t11-,13+,21?;/m1./s1. The van der Waals surface area contributed by atoms with Crippen molar-refractivity contribution < 1.29 is 41.4 Å². The molecule has 1 unspecified atom stereocenters.